The Bertz CT molecular complexity index is 626. The molecule has 3 rings (SSSR count). The van der Waals surface area contributed by atoms with Gasteiger partial charge in [-0.3, -0.25) is 4.79 Å². The molecule has 116 valence electrons. The van der Waals surface area contributed by atoms with E-state index in [1.807, 2.05) is 24.4 Å². The summed E-state index contributed by atoms with van der Waals surface area (Å²) < 4.78 is 0. The molecule has 22 heavy (non-hydrogen) atoms. The molecule has 5 heteroatoms. The molecule has 0 radical (unpaired) electrons. The lowest BCUT2D eigenvalue weighted by Gasteiger charge is -2.16. The van der Waals surface area contributed by atoms with Gasteiger partial charge in [-0.05, 0) is 30.9 Å². The Morgan fingerprint density at radius 1 is 1.32 bits per heavy atom. The highest BCUT2D eigenvalue weighted by atomic mass is 32.1. The lowest BCUT2D eigenvalue weighted by molar-refractivity contribution is -0.120. The average molecular weight is 315 g/mol. The van der Waals surface area contributed by atoms with Crippen LogP contribution in [0.3, 0.4) is 0 Å². The molecule has 1 fully saturated rings. The Morgan fingerprint density at radius 2 is 2.14 bits per heavy atom. The highest BCUT2D eigenvalue weighted by Crippen LogP contribution is 2.32. The molecule has 1 aliphatic rings. The number of carbonyl (C=O) groups excluding carboxylic acids is 1. The Labute approximate surface area is 134 Å². The van der Waals surface area contributed by atoms with Crippen molar-refractivity contribution < 1.29 is 4.79 Å². The summed E-state index contributed by atoms with van der Waals surface area (Å²) >= 11 is 1.55. The van der Waals surface area contributed by atoms with Crippen LogP contribution in [0.15, 0.2) is 36.5 Å². The third-order valence-electron chi connectivity index (χ3n) is 4.30. The van der Waals surface area contributed by atoms with E-state index < -0.39 is 0 Å². The van der Waals surface area contributed by atoms with Crippen molar-refractivity contribution in [3.05, 3.63) is 47.0 Å². The summed E-state index contributed by atoms with van der Waals surface area (Å²) in [5.74, 6) is 0.448. The number of benzene rings is 1. The summed E-state index contributed by atoms with van der Waals surface area (Å²) in [5, 5.41) is 3.66. The van der Waals surface area contributed by atoms with E-state index in [9.17, 15) is 4.79 Å². The first-order chi connectivity index (χ1) is 10.8. The maximum Gasteiger partial charge on any atom is 0.229 e. The summed E-state index contributed by atoms with van der Waals surface area (Å²) in [4.78, 5) is 17.8. The zero-order valence-corrected chi connectivity index (χ0v) is 13.3. The van der Waals surface area contributed by atoms with Gasteiger partial charge in [-0.15, -0.1) is 11.3 Å². The number of rotatable bonds is 5. The topological polar surface area (TPSA) is 68.0 Å². The monoisotopic (exact) mass is 315 g/mol. The third kappa shape index (κ3) is 3.54. The number of anilines is 1. The molecular weight excluding hydrogens is 294 g/mol. The van der Waals surface area contributed by atoms with E-state index in [4.69, 9.17) is 5.73 Å². The fourth-order valence-electron chi connectivity index (χ4n) is 3.11. The lowest BCUT2D eigenvalue weighted by atomic mass is 9.95. The molecule has 1 aromatic carbocycles. The smallest absolute Gasteiger partial charge is 0.229 e. The van der Waals surface area contributed by atoms with E-state index in [2.05, 4.69) is 22.4 Å². The first kappa shape index (κ1) is 15.2. The van der Waals surface area contributed by atoms with Crippen molar-refractivity contribution in [1.29, 1.82) is 0 Å². The molecule has 1 aromatic heterocycles. The van der Waals surface area contributed by atoms with Gasteiger partial charge in [0.05, 0.1) is 0 Å². The molecule has 1 amide bonds. The fraction of sp³-hybridized carbons (Fsp3) is 0.412. The number of thiazole rings is 1. The minimum absolute atomic E-state index is 0.0477. The highest BCUT2D eigenvalue weighted by molar-refractivity contribution is 7.15. The molecular formula is C17H21N3OS. The van der Waals surface area contributed by atoms with Crippen LogP contribution in [0.5, 0.6) is 0 Å². The number of nitrogens with two attached hydrogens (primary N) is 1. The zero-order chi connectivity index (χ0) is 15.4. The molecule has 2 aromatic rings. The Hall–Kier alpha value is -1.72. The molecule has 0 spiro atoms. The quantitative estimate of drug-likeness (QED) is 0.891. The Kier molecular flexibility index (Phi) is 4.85. The molecule has 1 aliphatic carbocycles. The maximum absolute atomic E-state index is 12.4. The van der Waals surface area contributed by atoms with Crippen molar-refractivity contribution in [3.8, 4) is 0 Å². The molecule has 0 aliphatic heterocycles. The van der Waals surface area contributed by atoms with Crippen LogP contribution in [0, 0.1) is 11.8 Å². The van der Waals surface area contributed by atoms with Gasteiger partial charge >= 0.3 is 0 Å². The Balaban J connectivity index is 1.61. The summed E-state index contributed by atoms with van der Waals surface area (Å²) in [5.41, 5.74) is 7.01. The zero-order valence-electron chi connectivity index (χ0n) is 12.5. The minimum atomic E-state index is 0.0477. The second-order valence-corrected chi connectivity index (χ2v) is 6.93. The van der Waals surface area contributed by atoms with Gasteiger partial charge in [-0.25, -0.2) is 4.98 Å². The average Bonchev–Trinajstić information content (AvgIpc) is 3.17. The number of carbonyl (C=O) groups is 1. The lowest BCUT2D eigenvalue weighted by Crippen LogP contribution is -2.29. The van der Waals surface area contributed by atoms with Crippen LogP contribution in [-0.4, -0.2) is 17.4 Å². The SMILES string of the molecule is NC[C@H]1CCC[C@H]1C(=O)Nc1ncc(Cc2ccccc2)s1. The second kappa shape index (κ2) is 7.03. The number of hydrogen-bond donors (Lipinski definition) is 2. The van der Waals surface area contributed by atoms with Crippen LogP contribution >= 0.6 is 11.3 Å². The summed E-state index contributed by atoms with van der Waals surface area (Å²) in [6, 6.07) is 10.3. The molecule has 1 saturated carbocycles. The van der Waals surface area contributed by atoms with E-state index in [1.165, 1.54) is 5.56 Å². The fourth-order valence-corrected chi connectivity index (χ4v) is 3.96. The van der Waals surface area contributed by atoms with Crippen LogP contribution in [0.1, 0.15) is 29.7 Å². The van der Waals surface area contributed by atoms with Crippen molar-refractivity contribution in [2.45, 2.75) is 25.7 Å². The normalized spacial score (nSPS) is 21.0. The van der Waals surface area contributed by atoms with Gasteiger partial charge in [-0.2, -0.15) is 0 Å². The molecule has 2 atom stereocenters. The number of nitrogens with zero attached hydrogens (tertiary/aromatic N) is 1. The van der Waals surface area contributed by atoms with Crippen molar-refractivity contribution in [2.24, 2.45) is 17.6 Å². The van der Waals surface area contributed by atoms with E-state index >= 15 is 0 Å². The number of nitrogens with one attached hydrogen (secondary N) is 1. The second-order valence-electron chi connectivity index (χ2n) is 5.82. The standard InChI is InChI=1S/C17H21N3OS/c18-10-13-7-4-8-15(13)16(21)20-17-19-11-14(22-17)9-12-5-2-1-3-6-12/h1-3,5-6,11,13,15H,4,7-10,18H2,(H,19,20,21)/t13-,15-/m1/s1. The summed E-state index contributed by atoms with van der Waals surface area (Å²) in [6.45, 7) is 0.592. The molecule has 0 saturated heterocycles. The predicted molar refractivity (Wildman–Crippen MR) is 89.9 cm³/mol. The van der Waals surface area contributed by atoms with E-state index in [-0.39, 0.29) is 11.8 Å². The van der Waals surface area contributed by atoms with Gasteiger partial charge in [0.2, 0.25) is 5.91 Å². The van der Waals surface area contributed by atoms with Crippen LogP contribution < -0.4 is 11.1 Å². The first-order valence-electron chi connectivity index (χ1n) is 7.76. The number of aromatic nitrogens is 1. The van der Waals surface area contributed by atoms with Gasteiger partial charge in [-0.1, -0.05) is 36.8 Å². The van der Waals surface area contributed by atoms with Gasteiger partial charge in [0, 0.05) is 23.4 Å². The minimum Gasteiger partial charge on any atom is -0.330 e. The largest absolute Gasteiger partial charge is 0.330 e. The molecule has 3 N–H and O–H groups in total. The number of hydrogen-bond acceptors (Lipinski definition) is 4. The molecule has 0 unspecified atom stereocenters. The van der Waals surface area contributed by atoms with Gasteiger partial charge in [0.15, 0.2) is 5.13 Å². The maximum atomic E-state index is 12.4. The highest BCUT2D eigenvalue weighted by Gasteiger charge is 2.32. The summed E-state index contributed by atoms with van der Waals surface area (Å²) in [7, 11) is 0. The van der Waals surface area contributed by atoms with Crippen molar-refractivity contribution >= 4 is 22.4 Å². The van der Waals surface area contributed by atoms with Crippen molar-refractivity contribution in [3.63, 3.8) is 0 Å². The van der Waals surface area contributed by atoms with E-state index in [0.717, 1.165) is 30.6 Å². The van der Waals surface area contributed by atoms with Crippen molar-refractivity contribution in [1.82, 2.24) is 4.98 Å². The van der Waals surface area contributed by atoms with E-state index in [0.29, 0.717) is 17.6 Å². The van der Waals surface area contributed by atoms with Gasteiger partial charge in [0.1, 0.15) is 0 Å². The number of amides is 1. The van der Waals surface area contributed by atoms with Crippen molar-refractivity contribution in [2.75, 3.05) is 11.9 Å². The Morgan fingerprint density at radius 3 is 2.91 bits per heavy atom. The van der Waals surface area contributed by atoms with Gasteiger partial charge < -0.3 is 11.1 Å². The third-order valence-corrected chi connectivity index (χ3v) is 5.22. The molecule has 0 bridgehead atoms. The first-order valence-corrected chi connectivity index (χ1v) is 8.57. The van der Waals surface area contributed by atoms with Crippen LogP contribution in [0.25, 0.3) is 0 Å². The predicted octanol–water partition coefficient (Wildman–Crippen LogP) is 3.05. The van der Waals surface area contributed by atoms with Gasteiger partial charge in [0.25, 0.3) is 0 Å². The van der Waals surface area contributed by atoms with Crippen LogP contribution in [-0.2, 0) is 11.2 Å². The molecule has 1 heterocycles. The van der Waals surface area contributed by atoms with Crippen LogP contribution in [0.2, 0.25) is 0 Å². The summed E-state index contributed by atoms with van der Waals surface area (Å²) in [6.07, 6.45) is 5.80. The van der Waals surface area contributed by atoms with Crippen LogP contribution in [0.4, 0.5) is 5.13 Å². The molecule has 4 nitrogen and oxygen atoms in total. The van der Waals surface area contributed by atoms with E-state index in [1.54, 1.807) is 11.3 Å².